The van der Waals surface area contributed by atoms with E-state index in [1.165, 1.54) is 6.07 Å². The summed E-state index contributed by atoms with van der Waals surface area (Å²) in [7, 11) is 0. The molecule has 27 heavy (non-hydrogen) atoms. The molecule has 4 rings (SSSR count). The van der Waals surface area contributed by atoms with Gasteiger partial charge >= 0.3 is 0 Å². The van der Waals surface area contributed by atoms with E-state index >= 15 is 0 Å². The fraction of sp³-hybridized carbons (Fsp3) is 0.333. The van der Waals surface area contributed by atoms with Crippen molar-refractivity contribution in [3.63, 3.8) is 0 Å². The molecule has 1 atom stereocenters. The standard InChI is InChI=1S/C21H20FN3O2/c22-18-11-15(12-23)5-6-20(18)24-8-7-16(13-24)21(26)25-9-10-27-14-17-3-1-2-4-19(17)25/h1-6,11,16H,7-10,13-14H2. The molecular weight excluding hydrogens is 345 g/mol. The highest BCUT2D eigenvalue weighted by molar-refractivity contribution is 5.96. The van der Waals surface area contributed by atoms with Crippen molar-refractivity contribution in [2.75, 3.05) is 36.0 Å². The summed E-state index contributed by atoms with van der Waals surface area (Å²) in [4.78, 5) is 16.9. The van der Waals surface area contributed by atoms with E-state index in [1.807, 2.05) is 40.1 Å². The fourth-order valence-electron chi connectivity index (χ4n) is 3.82. The Morgan fingerprint density at radius 3 is 2.85 bits per heavy atom. The lowest BCUT2D eigenvalue weighted by Gasteiger charge is -2.26. The average molecular weight is 365 g/mol. The van der Waals surface area contributed by atoms with Gasteiger partial charge in [0.1, 0.15) is 5.82 Å². The number of ether oxygens (including phenoxy) is 1. The summed E-state index contributed by atoms with van der Waals surface area (Å²) in [6, 6.07) is 14.2. The van der Waals surface area contributed by atoms with Gasteiger partial charge in [0.15, 0.2) is 0 Å². The second kappa shape index (κ2) is 7.37. The van der Waals surface area contributed by atoms with Crippen molar-refractivity contribution >= 4 is 17.3 Å². The highest BCUT2D eigenvalue weighted by Gasteiger charge is 2.34. The van der Waals surface area contributed by atoms with Crippen LogP contribution in [0.25, 0.3) is 0 Å². The number of para-hydroxylation sites is 1. The van der Waals surface area contributed by atoms with Crippen molar-refractivity contribution < 1.29 is 13.9 Å². The summed E-state index contributed by atoms with van der Waals surface area (Å²) in [5, 5.41) is 8.89. The van der Waals surface area contributed by atoms with Crippen LogP contribution in [0.4, 0.5) is 15.8 Å². The first-order valence-corrected chi connectivity index (χ1v) is 9.09. The Kier molecular flexibility index (Phi) is 4.78. The van der Waals surface area contributed by atoms with Crippen molar-refractivity contribution in [3.8, 4) is 6.07 Å². The Morgan fingerprint density at radius 1 is 1.19 bits per heavy atom. The molecular formula is C21H20FN3O2. The van der Waals surface area contributed by atoms with Gasteiger partial charge in [-0.25, -0.2) is 4.39 Å². The zero-order valence-corrected chi connectivity index (χ0v) is 14.9. The predicted octanol–water partition coefficient (Wildman–Crippen LogP) is 3.09. The van der Waals surface area contributed by atoms with Gasteiger partial charge in [0.25, 0.3) is 0 Å². The Hall–Kier alpha value is -2.91. The first kappa shape index (κ1) is 17.5. The maximum atomic E-state index is 14.3. The van der Waals surface area contributed by atoms with Gasteiger partial charge in [0.2, 0.25) is 5.91 Å². The van der Waals surface area contributed by atoms with Crippen LogP contribution in [0.3, 0.4) is 0 Å². The molecule has 138 valence electrons. The third-order valence-corrected chi connectivity index (χ3v) is 5.22. The number of anilines is 2. The molecule has 2 heterocycles. The van der Waals surface area contributed by atoms with E-state index < -0.39 is 5.82 Å². The quantitative estimate of drug-likeness (QED) is 0.821. The molecule has 1 amide bonds. The van der Waals surface area contributed by atoms with Gasteiger partial charge in [0.05, 0.1) is 36.5 Å². The second-order valence-electron chi connectivity index (χ2n) is 6.88. The summed E-state index contributed by atoms with van der Waals surface area (Å²) in [6.07, 6.45) is 0.678. The first-order chi connectivity index (χ1) is 13.2. The molecule has 2 aliphatic heterocycles. The van der Waals surface area contributed by atoms with Gasteiger partial charge in [-0.2, -0.15) is 5.26 Å². The molecule has 6 heteroatoms. The predicted molar refractivity (Wildman–Crippen MR) is 99.9 cm³/mol. The van der Waals surface area contributed by atoms with Crippen LogP contribution >= 0.6 is 0 Å². The molecule has 0 saturated carbocycles. The van der Waals surface area contributed by atoms with E-state index in [0.29, 0.717) is 50.5 Å². The Balaban J connectivity index is 1.52. The van der Waals surface area contributed by atoms with Crippen molar-refractivity contribution in [1.29, 1.82) is 5.26 Å². The summed E-state index contributed by atoms with van der Waals surface area (Å²) in [6.45, 7) is 2.62. The Labute approximate surface area is 157 Å². The highest BCUT2D eigenvalue weighted by Crippen LogP contribution is 2.31. The minimum atomic E-state index is -0.421. The molecule has 0 bridgehead atoms. The van der Waals surface area contributed by atoms with Gasteiger partial charge in [-0.1, -0.05) is 18.2 Å². The lowest BCUT2D eigenvalue weighted by Crippen LogP contribution is -2.39. The molecule has 1 unspecified atom stereocenters. The van der Waals surface area contributed by atoms with Crippen LogP contribution in [0.1, 0.15) is 17.5 Å². The number of hydrogen-bond donors (Lipinski definition) is 0. The second-order valence-corrected chi connectivity index (χ2v) is 6.88. The molecule has 0 aliphatic carbocycles. The van der Waals surface area contributed by atoms with Crippen molar-refractivity contribution in [1.82, 2.24) is 0 Å². The SMILES string of the molecule is N#Cc1ccc(N2CCC(C(=O)N3CCOCc4ccccc43)C2)c(F)c1. The van der Waals surface area contributed by atoms with E-state index in [0.717, 1.165) is 11.3 Å². The Bertz CT molecular complexity index is 909. The van der Waals surface area contributed by atoms with E-state index in [-0.39, 0.29) is 11.8 Å². The molecule has 0 radical (unpaired) electrons. The van der Waals surface area contributed by atoms with Gasteiger partial charge in [-0.15, -0.1) is 0 Å². The lowest BCUT2D eigenvalue weighted by molar-refractivity contribution is -0.121. The topological polar surface area (TPSA) is 56.6 Å². The van der Waals surface area contributed by atoms with E-state index in [1.54, 1.807) is 12.1 Å². The van der Waals surface area contributed by atoms with Gasteiger partial charge in [0, 0.05) is 30.9 Å². The molecule has 2 aromatic rings. The number of rotatable bonds is 2. The molecule has 5 nitrogen and oxygen atoms in total. The van der Waals surface area contributed by atoms with Gasteiger partial charge < -0.3 is 14.5 Å². The molecule has 0 spiro atoms. The maximum Gasteiger partial charge on any atom is 0.232 e. The van der Waals surface area contributed by atoms with Crippen LogP contribution < -0.4 is 9.80 Å². The van der Waals surface area contributed by atoms with Gasteiger partial charge in [-0.3, -0.25) is 4.79 Å². The van der Waals surface area contributed by atoms with Crippen LogP contribution in [0.2, 0.25) is 0 Å². The highest BCUT2D eigenvalue weighted by atomic mass is 19.1. The zero-order chi connectivity index (χ0) is 18.8. The summed E-state index contributed by atoms with van der Waals surface area (Å²) >= 11 is 0. The van der Waals surface area contributed by atoms with E-state index in [4.69, 9.17) is 10.00 Å². The number of benzene rings is 2. The van der Waals surface area contributed by atoms with Gasteiger partial charge in [-0.05, 0) is 30.7 Å². The van der Waals surface area contributed by atoms with Crippen LogP contribution in [-0.2, 0) is 16.1 Å². The zero-order valence-electron chi connectivity index (χ0n) is 14.9. The number of nitrogens with zero attached hydrogens (tertiary/aromatic N) is 3. The molecule has 0 aromatic heterocycles. The van der Waals surface area contributed by atoms with E-state index in [9.17, 15) is 9.18 Å². The molecule has 1 fully saturated rings. The number of carbonyl (C=O) groups is 1. The van der Waals surface area contributed by atoms with Crippen molar-refractivity contribution in [3.05, 3.63) is 59.4 Å². The molecule has 2 aromatic carbocycles. The van der Waals surface area contributed by atoms with E-state index in [2.05, 4.69) is 0 Å². The summed E-state index contributed by atoms with van der Waals surface area (Å²) < 4.78 is 19.9. The lowest BCUT2D eigenvalue weighted by atomic mass is 10.1. The third-order valence-electron chi connectivity index (χ3n) is 5.22. The normalized spacial score (nSPS) is 19.3. The average Bonchev–Trinajstić information content (AvgIpc) is 3.07. The number of hydrogen-bond acceptors (Lipinski definition) is 4. The molecule has 2 aliphatic rings. The van der Waals surface area contributed by atoms with Crippen molar-refractivity contribution in [2.24, 2.45) is 5.92 Å². The van der Waals surface area contributed by atoms with Crippen LogP contribution in [0.5, 0.6) is 0 Å². The number of halogens is 1. The molecule has 0 N–H and O–H groups in total. The monoisotopic (exact) mass is 365 g/mol. The van der Waals surface area contributed by atoms with Crippen molar-refractivity contribution in [2.45, 2.75) is 13.0 Å². The minimum Gasteiger partial charge on any atom is -0.375 e. The first-order valence-electron chi connectivity index (χ1n) is 9.09. The number of nitriles is 1. The fourth-order valence-corrected chi connectivity index (χ4v) is 3.82. The number of amides is 1. The van der Waals surface area contributed by atoms with Crippen LogP contribution in [0, 0.1) is 23.1 Å². The summed E-state index contributed by atoms with van der Waals surface area (Å²) in [5.41, 5.74) is 2.66. The third kappa shape index (κ3) is 3.38. The molecule has 1 saturated heterocycles. The Morgan fingerprint density at radius 2 is 2.04 bits per heavy atom. The largest absolute Gasteiger partial charge is 0.375 e. The number of fused-ring (bicyclic) bond motifs is 1. The minimum absolute atomic E-state index is 0.0597. The van der Waals surface area contributed by atoms with Crippen LogP contribution in [0.15, 0.2) is 42.5 Å². The smallest absolute Gasteiger partial charge is 0.232 e. The summed E-state index contributed by atoms with van der Waals surface area (Å²) in [5.74, 6) is -0.550. The maximum absolute atomic E-state index is 14.3. The number of carbonyl (C=O) groups excluding carboxylic acids is 1. The van der Waals surface area contributed by atoms with Crippen LogP contribution in [-0.4, -0.2) is 32.1 Å².